The van der Waals surface area contributed by atoms with Crippen LogP contribution in [0.25, 0.3) is 0 Å². The van der Waals surface area contributed by atoms with E-state index < -0.39 is 5.09 Å². The summed E-state index contributed by atoms with van der Waals surface area (Å²) < 4.78 is 0. The van der Waals surface area contributed by atoms with Gasteiger partial charge >= 0.3 is 0 Å². The molecule has 5 heteroatoms. The molecule has 5 heavy (non-hydrogen) atoms. The van der Waals surface area contributed by atoms with E-state index in [1.54, 1.807) is 0 Å². The molecule has 0 aliphatic carbocycles. The first kappa shape index (κ1) is 8.83. The Bertz CT molecular complexity index is 43.0. The molecule has 0 heterocycles. The zero-order valence-corrected chi connectivity index (χ0v) is 3.17. The molecule has 0 fully saturated rings. The van der Waals surface area contributed by atoms with Gasteiger partial charge in [0.25, 0.3) is 5.09 Å². The number of rotatable bonds is 0. The van der Waals surface area contributed by atoms with E-state index in [0.717, 1.165) is 0 Å². The monoisotopic (exact) mass is 128 g/mol. The standard InChI is InChI=1S/Fe.HNO3.9H/c;2-1(3)4;;;;;;;;;/h;(H,2,3,4);;;;;;;;;/q;;9*-1. The second-order valence-corrected chi connectivity index (χ2v) is 0.238. The summed E-state index contributed by atoms with van der Waals surface area (Å²) in [6.45, 7) is 0. The maximum Gasteiger partial charge on any atom is 0.291 e. The summed E-state index contributed by atoms with van der Waals surface area (Å²) in [5.41, 5.74) is 0. The van der Waals surface area contributed by atoms with Crippen molar-refractivity contribution in [2.75, 3.05) is 0 Å². The summed E-state index contributed by atoms with van der Waals surface area (Å²) in [6, 6.07) is 0. The van der Waals surface area contributed by atoms with Crippen molar-refractivity contribution in [1.29, 1.82) is 0 Å². The van der Waals surface area contributed by atoms with Gasteiger partial charge in [-0.3, -0.25) is 0 Å². The van der Waals surface area contributed by atoms with Crippen LogP contribution in [0.1, 0.15) is 12.8 Å². The third-order valence-corrected chi connectivity index (χ3v) is 0. The Hall–Kier alpha value is -0.281. The fourth-order valence-electron chi connectivity index (χ4n) is 0. The van der Waals surface area contributed by atoms with E-state index in [1.165, 1.54) is 0 Å². The van der Waals surface area contributed by atoms with E-state index in [9.17, 15) is 0 Å². The first-order chi connectivity index (χ1) is 1.73. The molecule has 0 rings (SSSR count). The van der Waals surface area contributed by atoms with Crippen molar-refractivity contribution in [1.82, 2.24) is 0 Å². The first-order valence-corrected chi connectivity index (χ1v) is 0.565. The van der Waals surface area contributed by atoms with E-state index in [0.29, 0.717) is 0 Å². The molecule has 0 aromatic carbocycles. The van der Waals surface area contributed by atoms with E-state index in [-0.39, 0.29) is 29.9 Å². The van der Waals surface area contributed by atoms with Gasteiger partial charge in [-0.25, -0.2) is 0 Å². The SMILES string of the molecule is O=[N+]([O-])O.[Fe].[H-].[H-].[H-].[H-].[H-].[H-].[H-].[H-].[H-]. The second kappa shape index (κ2) is 3.72. The maximum atomic E-state index is 8.36. The van der Waals surface area contributed by atoms with Crippen LogP contribution in [0.4, 0.5) is 0 Å². The summed E-state index contributed by atoms with van der Waals surface area (Å²) in [4.78, 5) is 8.36. The predicted octanol–water partition coefficient (Wildman–Crippen LogP) is 0.662. The van der Waals surface area contributed by atoms with Crippen molar-refractivity contribution in [3.63, 3.8) is 0 Å². The maximum absolute atomic E-state index is 8.36. The molecule has 0 aliphatic heterocycles. The minimum absolute atomic E-state index is 0. The quantitative estimate of drug-likeness (QED) is 0.296. The topological polar surface area (TPSA) is 63.4 Å². The van der Waals surface area contributed by atoms with Crippen molar-refractivity contribution >= 4 is 0 Å². The zero-order valence-electron chi connectivity index (χ0n) is 11.1. The summed E-state index contributed by atoms with van der Waals surface area (Å²) in [5, 5.41) is 13.6. The number of nitrogens with zero attached hydrogens (tertiary/aromatic N) is 1. The van der Waals surface area contributed by atoms with Gasteiger partial charge in [-0.15, -0.1) is 10.1 Å². The van der Waals surface area contributed by atoms with Gasteiger partial charge in [0, 0.05) is 17.1 Å². The minimum Gasteiger partial charge on any atom is -1.00 e. The second-order valence-electron chi connectivity index (χ2n) is 0.238. The van der Waals surface area contributed by atoms with E-state index in [4.69, 9.17) is 15.3 Å². The van der Waals surface area contributed by atoms with Crippen LogP contribution >= 0.6 is 0 Å². The van der Waals surface area contributed by atoms with Crippen LogP contribution in [0.15, 0.2) is 0 Å². The molecule has 0 spiro atoms. The van der Waals surface area contributed by atoms with Gasteiger partial charge in [-0.2, -0.15) is 0 Å². The molecule has 0 atom stereocenters. The minimum atomic E-state index is -1.50. The molecule has 0 aliphatic rings. The van der Waals surface area contributed by atoms with Crippen molar-refractivity contribution in [3.05, 3.63) is 10.1 Å². The molecule has 4 nitrogen and oxygen atoms in total. The zero-order chi connectivity index (χ0) is 3.58. The fourth-order valence-corrected chi connectivity index (χ4v) is 0. The van der Waals surface area contributed by atoms with E-state index in [2.05, 4.69) is 0 Å². The van der Waals surface area contributed by atoms with E-state index >= 15 is 0 Å². The average molecular weight is 128 g/mol. The van der Waals surface area contributed by atoms with Gasteiger partial charge in [0.1, 0.15) is 0 Å². The Morgan fingerprint density at radius 2 is 2.00 bits per heavy atom. The van der Waals surface area contributed by atoms with Crippen LogP contribution in [0.5, 0.6) is 0 Å². The molecule has 0 saturated carbocycles. The summed E-state index contributed by atoms with van der Waals surface area (Å²) in [7, 11) is 0. The molecule has 0 amide bonds. The summed E-state index contributed by atoms with van der Waals surface area (Å²) >= 11 is 0. The Kier molecular flexibility index (Phi) is 6.57. The summed E-state index contributed by atoms with van der Waals surface area (Å²) in [6.07, 6.45) is 0. The molecule has 50 valence electrons. The van der Waals surface area contributed by atoms with Crippen LogP contribution in [-0.2, 0) is 17.1 Å². The number of hydrogen-bond acceptors (Lipinski definition) is 2. The van der Waals surface area contributed by atoms with Gasteiger partial charge < -0.3 is 18.0 Å². The Morgan fingerprint density at radius 1 is 2.00 bits per heavy atom. The van der Waals surface area contributed by atoms with Gasteiger partial charge in [0.15, 0.2) is 0 Å². The average Bonchev–Trinajstić information content (AvgIpc) is 0.811. The smallest absolute Gasteiger partial charge is 0.291 e. The van der Waals surface area contributed by atoms with Crippen LogP contribution in [0.3, 0.4) is 0 Å². The molecule has 0 saturated heterocycles. The van der Waals surface area contributed by atoms with Crippen molar-refractivity contribution < 1.29 is 40.2 Å². The third kappa shape index (κ3) is 140. The van der Waals surface area contributed by atoms with Crippen molar-refractivity contribution in [2.24, 2.45) is 0 Å². The van der Waals surface area contributed by atoms with Gasteiger partial charge in [-0.1, -0.05) is 0 Å². The van der Waals surface area contributed by atoms with Gasteiger partial charge in [0.05, 0.1) is 0 Å². The Balaban J connectivity index is -0.000000001000. The Morgan fingerprint density at radius 3 is 2.00 bits per heavy atom. The normalized spacial score (nSPS) is 4.80. The Labute approximate surface area is 51.7 Å². The van der Waals surface area contributed by atoms with Gasteiger partial charge in [0.2, 0.25) is 0 Å². The molecule has 0 unspecified atom stereocenters. The van der Waals surface area contributed by atoms with Crippen LogP contribution < -0.4 is 0 Å². The van der Waals surface area contributed by atoms with Crippen LogP contribution in [-0.4, -0.2) is 10.3 Å². The third-order valence-electron chi connectivity index (χ3n) is 0. The molecule has 0 aromatic rings. The van der Waals surface area contributed by atoms with Crippen molar-refractivity contribution in [3.8, 4) is 0 Å². The summed E-state index contributed by atoms with van der Waals surface area (Å²) in [5.74, 6) is 0. The largest absolute Gasteiger partial charge is 1.00 e. The molecule has 0 aromatic heterocycles. The molecule has 0 bridgehead atoms. The molecule has 1 N–H and O–H groups in total. The van der Waals surface area contributed by atoms with Gasteiger partial charge in [-0.05, 0) is 0 Å². The first-order valence-electron chi connectivity index (χ1n) is 0.565. The predicted molar refractivity (Wildman–Crippen MR) is 18.8 cm³/mol. The fraction of sp³-hybridized carbons (Fsp3) is 0. The molecule has 0 radical (unpaired) electrons. The van der Waals surface area contributed by atoms with Crippen LogP contribution in [0, 0.1) is 10.1 Å². The van der Waals surface area contributed by atoms with Crippen molar-refractivity contribution in [2.45, 2.75) is 0 Å². The molecular weight excluding hydrogens is 118 g/mol. The van der Waals surface area contributed by atoms with E-state index in [1.807, 2.05) is 0 Å². The number of hydrogen-bond donors (Lipinski definition) is 1. The molecular formula is H10FeNO3-9. The van der Waals surface area contributed by atoms with Crippen LogP contribution in [0.2, 0.25) is 0 Å².